The Kier molecular flexibility index (Phi) is 6.25. The number of benzene rings is 1. The summed E-state index contributed by atoms with van der Waals surface area (Å²) in [5.74, 6) is -0.487. The highest BCUT2D eigenvalue weighted by atomic mass is 32.1. The van der Waals surface area contributed by atoms with E-state index >= 15 is 0 Å². The van der Waals surface area contributed by atoms with Crippen molar-refractivity contribution in [3.8, 4) is 0 Å². The molecule has 0 saturated carbocycles. The molecule has 0 bridgehead atoms. The smallest absolute Gasteiger partial charge is 0.261 e. The first-order chi connectivity index (χ1) is 12.6. The van der Waals surface area contributed by atoms with Crippen LogP contribution in [0.25, 0.3) is 0 Å². The number of carbonyl (C=O) groups is 2. The molecule has 2 amide bonds. The quantitative estimate of drug-likeness (QED) is 0.727. The van der Waals surface area contributed by atoms with E-state index in [1.165, 1.54) is 11.3 Å². The molecule has 3 N–H and O–H groups in total. The summed E-state index contributed by atoms with van der Waals surface area (Å²) in [7, 11) is 0. The van der Waals surface area contributed by atoms with Crippen molar-refractivity contribution in [3.05, 3.63) is 46.7 Å². The van der Waals surface area contributed by atoms with Gasteiger partial charge in [0.15, 0.2) is 0 Å². The average molecular weight is 373 g/mol. The molecule has 2 aromatic rings. The lowest BCUT2D eigenvalue weighted by Crippen LogP contribution is -2.41. The van der Waals surface area contributed by atoms with Gasteiger partial charge in [-0.2, -0.15) is 0 Å². The van der Waals surface area contributed by atoms with Gasteiger partial charge in [0, 0.05) is 30.6 Å². The summed E-state index contributed by atoms with van der Waals surface area (Å²) in [4.78, 5) is 24.9. The van der Waals surface area contributed by atoms with Gasteiger partial charge >= 0.3 is 0 Å². The van der Waals surface area contributed by atoms with Gasteiger partial charge in [-0.25, -0.2) is 0 Å². The zero-order valence-corrected chi connectivity index (χ0v) is 15.5. The van der Waals surface area contributed by atoms with Crippen LogP contribution >= 0.6 is 11.3 Å². The maximum absolute atomic E-state index is 12.3. The highest BCUT2D eigenvalue weighted by molar-refractivity contribution is 7.12. The lowest BCUT2D eigenvalue weighted by molar-refractivity contribution is -0.117. The van der Waals surface area contributed by atoms with Gasteiger partial charge in [0.1, 0.15) is 6.04 Å². The van der Waals surface area contributed by atoms with Gasteiger partial charge in [0.25, 0.3) is 5.91 Å². The number of hydrogen-bond donors (Lipinski definition) is 3. The Hall–Kier alpha value is -2.38. The van der Waals surface area contributed by atoms with Gasteiger partial charge in [-0.05, 0) is 55.5 Å². The maximum atomic E-state index is 12.3. The van der Waals surface area contributed by atoms with Crippen LogP contribution in [0.4, 0.5) is 11.4 Å². The molecule has 6 nitrogen and oxygen atoms in total. The standard InChI is InChI=1S/C19H23N3O3S/c1-13(20-19(24)17-3-2-12-26-17)18(23)22-15-6-4-14(5-7-15)21-16-8-10-25-11-9-16/h2-7,12-13,16,21H,8-11H2,1H3,(H,20,24)(H,22,23)/t13-/m0/s1. The number of rotatable bonds is 6. The van der Waals surface area contributed by atoms with E-state index in [4.69, 9.17) is 4.74 Å². The highest BCUT2D eigenvalue weighted by Gasteiger charge is 2.17. The number of carbonyl (C=O) groups excluding carboxylic acids is 2. The third-order valence-electron chi connectivity index (χ3n) is 4.23. The second-order valence-electron chi connectivity index (χ2n) is 6.27. The van der Waals surface area contributed by atoms with Crippen LogP contribution in [0.1, 0.15) is 29.4 Å². The van der Waals surface area contributed by atoms with Crippen LogP contribution in [-0.4, -0.2) is 37.1 Å². The van der Waals surface area contributed by atoms with Gasteiger partial charge in [-0.15, -0.1) is 11.3 Å². The van der Waals surface area contributed by atoms with Gasteiger partial charge in [0.2, 0.25) is 5.91 Å². The van der Waals surface area contributed by atoms with E-state index in [-0.39, 0.29) is 11.8 Å². The van der Waals surface area contributed by atoms with Crippen molar-refractivity contribution in [1.29, 1.82) is 0 Å². The molecule has 0 radical (unpaired) electrons. The molecule has 1 saturated heterocycles. The summed E-state index contributed by atoms with van der Waals surface area (Å²) in [5.41, 5.74) is 1.72. The minimum Gasteiger partial charge on any atom is -0.382 e. The van der Waals surface area contributed by atoms with Crippen LogP contribution in [0, 0.1) is 0 Å². The summed E-state index contributed by atoms with van der Waals surface area (Å²) in [6.07, 6.45) is 2.00. The number of ether oxygens (including phenoxy) is 1. The Morgan fingerprint density at radius 3 is 2.46 bits per heavy atom. The predicted molar refractivity (Wildman–Crippen MR) is 104 cm³/mol. The number of thiophene rings is 1. The van der Waals surface area contributed by atoms with Crippen LogP contribution in [0.2, 0.25) is 0 Å². The summed E-state index contributed by atoms with van der Waals surface area (Å²) < 4.78 is 5.36. The van der Waals surface area contributed by atoms with Crippen LogP contribution < -0.4 is 16.0 Å². The van der Waals surface area contributed by atoms with Crippen molar-refractivity contribution < 1.29 is 14.3 Å². The van der Waals surface area contributed by atoms with E-state index in [1.807, 2.05) is 29.6 Å². The normalized spacial score (nSPS) is 15.9. The van der Waals surface area contributed by atoms with Gasteiger partial charge < -0.3 is 20.7 Å². The molecular formula is C19H23N3O3S. The molecule has 1 aromatic heterocycles. The Bertz CT molecular complexity index is 725. The van der Waals surface area contributed by atoms with Crippen LogP contribution in [0.5, 0.6) is 0 Å². The first kappa shape index (κ1) is 18.4. The maximum Gasteiger partial charge on any atom is 0.261 e. The number of nitrogens with one attached hydrogen (secondary N) is 3. The van der Waals surface area contributed by atoms with Crippen LogP contribution in [0.15, 0.2) is 41.8 Å². The summed E-state index contributed by atoms with van der Waals surface area (Å²) in [6.45, 7) is 3.25. The van der Waals surface area contributed by atoms with Crippen molar-refractivity contribution in [1.82, 2.24) is 5.32 Å². The van der Waals surface area contributed by atoms with Gasteiger partial charge in [-0.1, -0.05) is 6.07 Å². The zero-order valence-electron chi connectivity index (χ0n) is 14.7. The summed E-state index contributed by atoms with van der Waals surface area (Å²) in [5, 5.41) is 10.8. The molecule has 1 aliphatic rings. The molecule has 0 spiro atoms. The van der Waals surface area contributed by atoms with E-state index in [0.29, 0.717) is 16.6 Å². The highest BCUT2D eigenvalue weighted by Crippen LogP contribution is 2.18. The number of hydrogen-bond acceptors (Lipinski definition) is 5. The molecule has 1 aromatic carbocycles. The van der Waals surface area contributed by atoms with E-state index in [2.05, 4.69) is 16.0 Å². The third-order valence-corrected chi connectivity index (χ3v) is 5.10. The Morgan fingerprint density at radius 2 is 1.81 bits per heavy atom. The molecule has 7 heteroatoms. The average Bonchev–Trinajstić information content (AvgIpc) is 3.19. The fourth-order valence-electron chi connectivity index (χ4n) is 2.72. The lowest BCUT2D eigenvalue weighted by atomic mass is 10.1. The molecule has 1 atom stereocenters. The minimum absolute atomic E-state index is 0.237. The molecule has 0 unspecified atom stereocenters. The van der Waals surface area contributed by atoms with E-state index in [1.54, 1.807) is 19.1 Å². The Morgan fingerprint density at radius 1 is 1.12 bits per heavy atom. The van der Waals surface area contributed by atoms with E-state index in [0.717, 1.165) is 31.7 Å². The topological polar surface area (TPSA) is 79.5 Å². The van der Waals surface area contributed by atoms with E-state index in [9.17, 15) is 9.59 Å². The molecule has 0 aliphatic carbocycles. The van der Waals surface area contributed by atoms with E-state index < -0.39 is 6.04 Å². The van der Waals surface area contributed by atoms with Crippen molar-refractivity contribution in [2.45, 2.75) is 31.8 Å². The summed E-state index contributed by atoms with van der Waals surface area (Å²) >= 11 is 1.35. The van der Waals surface area contributed by atoms with Crippen LogP contribution in [-0.2, 0) is 9.53 Å². The minimum atomic E-state index is -0.621. The van der Waals surface area contributed by atoms with Crippen molar-refractivity contribution in [2.24, 2.45) is 0 Å². The van der Waals surface area contributed by atoms with Crippen molar-refractivity contribution in [2.75, 3.05) is 23.8 Å². The molecule has 1 aliphatic heterocycles. The molecule has 138 valence electrons. The van der Waals surface area contributed by atoms with Crippen LogP contribution in [0.3, 0.4) is 0 Å². The monoisotopic (exact) mass is 373 g/mol. The Balaban J connectivity index is 1.49. The zero-order chi connectivity index (χ0) is 18.4. The predicted octanol–water partition coefficient (Wildman–Crippen LogP) is 3.10. The van der Waals surface area contributed by atoms with Crippen molar-refractivity contribution in [3.63, 3.8) is 0 Å². The Labute approximate surface area is 156 Å². The van der Waals surface area contributed by atoms with Gasteiger partial charge in [-0.3, -0.25) is 9.59 Å². The summed E-state index contributed by atoms with van der Waals surface area (Å²) in [6, 6.07) is 10.9. The molecule has 1 fully saturated rings. The second-order valence-corrected chi connectivity index (χ2v) is 7.22. The number of amides is 2. The largest absolute Gasteiger partial charge is 0.382 e. The second kappa shape index (κ2) is 8.82. The van der Waals surface area contributed by atoms with Gasteiger partial charge in [0.05, 0.1) is 4.88 Å². The van der Waals surface area contributed by atoms with Crippen molar-refractivity contribution >= 4 is 34.5 Å². The fraction of sp³-hybridized carbons (Fsp3) is 0.368. The third kappa shape index (κ3) is 5.06. The first-order valence-electron chi connectivity index (χ1n) is 8.71. The molecule has 3 rings (SSSR count). The molecule has 2 heterocycles. The SMILES string of the molecule is C[C@H](NC(=O)c1cccs1)C(=O)Nc1ccc(NC2CCOCC2)cc1. The molecule has 26 heavy (non-hydrogen) atoms. The fourth-order valence-corrected chi connectivity index (χ4v) is 3.35. The lowest BCUT2D eigenvalue weighted by Gasteiger charge is -2.24. The number of anilines is 2. The molecular weight excluding hydrogens is 350 g/mol. The first-order valence-corrected chi connectivity index (χ1v) is 9.59.